The number of hydrogen-bond donors (Lipinski definition) is 1. The molecule has 1 aromatic carbocycles. The van der Waals surface area contributed by atoms with Crippen molar-refractivity contribution >= 4 is 26.9 Å². The normalized spacial score (nSPS) is 17.6. The molecule has 1 aromatic heterocycles. The molecule has 0 bridgehead atoms. The second kappa shape index (κ2) is 4.10. The average Bonchev–Trinajstić information content (AvgIpc) is 3.00. The third kappa shape index (κ3) is 2.00. The molecule has 2 nitrogen and oxygen atoms in total. The summed E-state index contributed by atoms with van der Waals surface area (Å²) in [6, 6.07) is 5.45. The predicted octanol–water partition coefficient (Wildman–Crippen LogP) is 4.00. The molecule has 0 saturated heterocycles. The van der Waals surface area contributed by atoms with E-state index in [1.807, 2.05) is 19.2 Å². The van der Waals surface area contributed by atoms with Crippen LogP contribution in [-0.4, -0.2) is 7.05 Å². The number of furan rings is 1. The first-order valence-electron chi connectivity index (χ1n) is 5.75. The van der Waals surface area contributed by atoms with Crippen molar-refractivity contribution in [2.75, 3.05) is 7.05 Å². The fourth-order valence-electron chi connectivity index (χ4n) is 2.29. The largest absolute Gasteiger partial charge is 0.456 e. The van der Waals surface area contributed by atoms with Crippen molar-refractivity contribution in [3.63, 3.8) is 0 Å². The Balaban J connectivity index is 2.09. The van der Waals surface area contributed by atoms with E-state index in [1.54, 1.807) is 0 Å². The smallest absolute Gasteiger partial charge is 0.170 e. The fourth-order valence-corrected chi connectivity index (χ4v) is 2.74. The van der Waals surface area contributed by atoms with E-state index < -0.39 is 0 Å². The highest BCUT2D eigenvalue weighted by molar-refractivity contribution is 9.10. The molecular formula is C13H13BrFNO. The number of rotatable bonds is 3. The summed E-state index contributed by atoms with van der Waals surface area (Å²) in [5, 5.41) is 4.06. The number of benzene rings is 1. The molecule has 4 heteroatoms. The van der Waals surface area contributed by atoms with Gasteiger partial charge in [-0.25, -0.2) is 4.39 Å². The first-order valence-corrected chi connectivity index (χ1v) is 6.54. The Morgan fingerprint density at radius 1 is 1.41 bits per heavy atom. The maximum Gasteiger partial charge on any atom is 0.170 e. The first-order chi connectivity index (χ1) is 8.19. The zero-order chi connectivity index (χ0) is 12.0. The van der Waals surface area contributed by atoms with E-state index >= 15 is 0 Å². The topological polar surface area (TPSA) is 25.2 Å². The molecule has 0 aliphatic heterocycles. The number of fused-ring (bicyclic) bond motifs is 1. The molecule has 0 radical (unpaired) electrons. The fraction of sp³-hybridized carbons (Fsp3) is 0.385. The van der Waals surface area contributed by atoms with Gasteiger partial charge in [-0.3, -0.25) is 0 Å². The Hall–Kier alpha value is -0.870. The molecule has 1 unspecified atom stereocenters. The van der Waals surface area contributed by atoms with Crippen LogP contribution < -0.4 is 5.32 Å². The van der Waals surface area contributed by atoms with E-state index in [0.29, 0.717) is 11.5 Å². The monoisotopic (exact) mass is 297 g/mol. The van der Waals surface area contributed by atoms with Crippen LogP contribution in [0.4, 0.5) is 4.39 Å². The van der Waals surface area contributed by atoms with Crippen molar-refractivity contribution in [2.45, 2.75) is 18.9 Å². The lowest BCUT2D eigenvalue weighted by atomic mass is 10.1. The van der Waals surface area contributed by atoms with Gasteiger partial charge < -0.3 is 9.73 Å². The second-order valence-electron chi connectivity index (χ2n) is 4.56. The van der Waals surface area contributed by atoms with E-state index in [4.69, 9.17) is 4.42 Å². The van der Waals surface area contributed by atoms with Gasteiger partial charge in [-0.15, -0.1) is 0 Å². The van der Waals surface area contributed by atoms with Crippen LogP contribution >= 0.6 is 15.9 Å². The minimum atomic E-state index is -0.314. The standard InChI is InChI=1S/C13H13BrFNO/c1-16-12(7-2-3-7)11-5-8-4-9(14)6-10(15)13(8)17-11/h4-7,12,16H,2-3H2,1H3. The van der Waals surface area contributed by atoms with E-state index in [0.717, 1.165) is 15.6 Å². The quantitative estimate of drug-likeness (QED) is 0.926. The van der Waals surface area contributed by atoms with Crippen LogP contribution in [0.3, 0.4) is 0 Å². The average molecular weight is 298 g/mol. The summed E-state index contributed by atoms with van der Waals surface area (Å²) in [6.07, 6.45) is 2.43. The van der Waals surface area contributed by atoms with Gasteiger partial charge in [0.15, 0.2) is 11.4 Å². The summed E-state index contributed by atoms with van der Waals surface area (Å²) in [7, 11) is 1.92. The van der Waals surface area contributed by atoms with E-state index in [1.165, 1.54) is 18.9 Å². The third-order valence-corrected chi connectivity index (χ3v) is 3.72. The van der Waals surface area contributed by atoms with Crippen LogP contribution in [0.2, 0.25) is 0 Å². The second-order valence-corrected chi connectivity index (χ2v) is 5.47. The Morgan fingerprint density at radius 2 is 2.18 bits per heavy atom. The van der Waals surface area contributed by atoms with Gasteiger partial charge in [0.25, 0.3) is 0 Å². The number of hydrogen-bond acceptors (Lipinski definition) is 2. The highest BCUT2D eigenvalue weighted by atomic mass is 79.9. The molecule has 1 aliphatic rings. The summed E-state index contributed by atoms with van der Waals surface area (Å²) in [5.41, 5.74) is 0.351. The summed E-state index contributed by atoms with van der Waals surface area (Å²) < 4.78 is 20.1. The molecule has 90 valence electrons. The van der Waals surface area contributed by atoms with Crippen molar-refractivity contribution in [3.8, 4) is 0 Å². The molecule has 1 heterocycles. The SMILES string of the molecule is CNC(c1cc2cc(Br)cc(F)c2o1)C1CC1. The lowest BCUT2D eigenvalue weighted by molar-refractivity contribution is 0.413. The third-order valence-electron chi connectivity index (χ3n) is 3.27. The van der Waals surface area contributed by atoms with E-state index in [2.05, 4.69) is 21.2 Å². The highest BCUT2D eigenvalue weighted by Gasteiger charge is 2.33. The zero-order valence-electron chi connectivity index (χ0n) is 9.47. The summed E-state index contributed by atoms with van der Waals surface area (Å²) in [6.45, 7) is 0. The number of halogens is 2. The van der Waals surface area contributed by atoms with Crippen LogP contribution in [0.25, 0.3) is 11.0 Å². The van der Waals surface area contributed by atoms with Crippen LogP contribution in [0.5, 0.6) is 0 Å². The molecule has 1 saturated carbocycles. The summed E-state index contributed by atoms with van der Waals surface area (Å²) >= 11 is 3.29. The van der Waals surface area contributed by atoms with Gasteiger partial charge >= 0.3 is 0 Å². The Labute approximate surface area is 107 Å². The Morgan fingerprint density at radius 3 is 2.82 bits per heavy atom. The maximum absolute atomic E-state index is 13.7. The zero-order valence-corrected chi connectivity index (χ0v) is 11.1. The van der Waals surface area contributed by atoms with Crippen LogP contribution in [0.1, 0.15) is 24.6 Å². The first kappa shape index (κ1) is 11.2. The molecule has 0 amide bonds. The van der Waals surface area contributed by atoms with Crippen LogP contribution in [0, 0.1) is 11.7 Å². The van der Waals surface area contributed by atoms with E-state index in [9.17, 15) is 4.39 Å². The molecule has 0 spiro atoms. The van der Waals surface area contributed by atoms with Gasteiger partial charge in [0.2, 0.25) is 0 Å². The van der Waals surface area contributed by atoms with Gasteiger partial charge in [-0.05, 0) is 44.0 Å². The van der Waals surface area contributed by atoms with Crippen molar-refractivity contribution in [3.05, 3.63) is 34.2 Å². The molecule has 1 N–H and O–H groups in total. The predicted molar refractivity (Wildman–Crippen MR) is 68.4 cm³/mol. The minimum Gasteiger partial charge on any atom is -0.456 e. The summed E-state index contributed by atoms with van der Waals surface area (Å²) in [5.74, 6) is 1.15. The van der Waals surface area contributed by atoms with E-state index in [-0.39, 0.29) is 11.9 Å². The molecular weight excluding hydrogens is 285 g/mol. The minimum absolute atomic E-state index is 0.209. The Kier molecular flexibility index (Phi) is 2.71. The van der Waals surface area contributed by atoms with Gasteiger partial charge in [-0.2, -0.15) is 0 Å². The highest BCUT2D eigenvalue weighted by Crippen LogP contribution is 2.42. The lowest BCUT2D eigenvalue weighted by Gasteiger charge is -2.11. The molecule has 17 heavy (non-hydrogen) atoms. The van der Waals surface area contributed by atoms with Gasteiger partial charge in [0.05, 0.1) is 6.04 Å². The van der Waals surface area contributed by atoms with Crippen molar-refractivity contribution in [1.82, 2.24) is 5.32 Å². The van der Waals surface area contributed by atoms with Crippen molar-refractivity contribution in [2.24, 2.45) is 5.92 Å². The van der Waals surface area contributed by atoms with Crippen molar-refractivity contribution in [1.29, 1.82) is 0 Å². The summed E-state index contributed by atoms with van der Waals surface area (Å²) in [4.78, 5) is 0. The van der Waals surface area contributed by atoms with Crippen molar-refractivity contribution < 1.29 is 8.81 Å². The van der Waals surface area contributed by atoms with Crippen LogP contribution in [0.15, 0.2) is 27.1 Å². The lowest BCUT2D eigenvalue weighted by Crippen LogP contribution is -2.17. The van der Waals surface area contributed by atoms with Gasteiger partial charge in [0.1, 0.15) is 5.76 Å². The number of nitrogens with one attached hydrogen (secondary N) is 1. The molecule has 1 aliphatic carbocycles. The molecule has 2 aromatic rings. The maximum atomic E-state index is 13.7. The van der Waals surface area contributed by atoms with Gasteiger partial charge in [-0.1, -0.05) is 15.9 Å². The Bertz CT molecular complexity index is 562. The molecule has 3 rings (SSSR count). The molecule has 1 atom stereocenters. The van der Waals surface area contributed by atoms with Gasteiger partial charge in [0, 0.05) is 9.86 Å². The molecule has 1 fully saturated rings. The van der Waals surface area contributed by atoms with Crippen LogP contribution in [-0.2, 0) is 0 Å².